The molecular weight excluding hydrogens is 361 g/mol. The van der Waals surface area contributed by atoms with Crippen molar-refractivity contribution in [2.24, 2.45) is 0 Å². The topological polar surface area (TPSA) is 58.6 Å². The highest BCUT2D eigenvalue weighted by molar-refractivity contribution is 6.04. The van der Waals surface area contributed by atoms with Gasteiger partial charge in [0, 0.05) is 7.05 Å². The molecule has 1 aliphatic rings. The number of ether oxygens (including phenoxy) is 1. The van der Waals surface area contributed by atoms with E-state index in [9.17, 15) is 22.8 Å². The summed E-state index contributed by atoms with van der Waals surface area (Å²) in [6.45, 7) is 1.33. The van der Waals surface area contributed by atoms with E-state index in [2.05, 4.69) is 5.32 Å². The minimum absolute atomic E-state index is 0.0781. The van der Waals surface area contributed by atoms with Gasteiger partial charge in [-0.3, -0.25) is 9.59 Å². The molecule has 0 saturated heterocycles. The Hall–Kier alpha value is -3.03. The lowest BCUT2D eigenvalue weighted by Crippen LogP contribution is -2.25. The van der Waals surface area contributed by atoms with Crippen LogP contribution in [0.25, 0.3) is 0 Å². The highest BCUT2D eigenvalue weighted by Crippen LogP contribution is 2.42. The fourth-order valence-corrected chi connectivity index (χ4v) is 3.28. The molecule has 0 spiro atoms. The van der Waals surface area contributed by atoms with Crippen molar-refractivity contribution >= 4 is 18.1 Å². The molecule has 0 fully saturated rings. The first-order chi connectivity index (χ1) is 12.8. The van der Waals surface area contributed by atoms with Crippen LogP contribution in [0.15, 0.2) is 30.3 Å². The van der Waals surface area contributed by atoms with Gasteiger partial charge in [0.15, 0.2) is 5.75 Å². The minimum atomic E-state index is -2.61. The Morgan fingerprint density at radius 2 is 2.00 bits per heavy atom. The number of hydrogen-bond donors (Lipinski definition) is 1. The molecule has 1 amide bonds. The first-order valence-electron chi connectivity index (χ1n) is 8.17. The van der Waals surface area contributed by atoms with Crippen LogP contribution in [0.3, 0.4) is 0 Å². The zero-order valence-corrected chi connectivity index (χ0v) is 14.6. The summed E-state index contributed by atoms with van der Waals surface area (Å²) in [7, 11) is 1.41. The number of aryl methyl sites for hydroxylation is 1. The minimum Gasteiger partial charge on any atom is -0.426 e. The van der Waals surface area contributed by atoms with Crippen molar-refractivity contribution in [2.75, 3.05) is 18.5 Å². The zero-order chi connectivity index (χ0) is 19.7. The normalized spacial score (nSPS) is 15.5. The SMILES string of the molecule is Cc1ccc(F)cc1C1NC(=O)c2c1ccc(N(C)CC(F)F)c2OC=O. The van der Waals surface area contributed by atoms with E-state index in [0.29, 0.717) is 11.1 Å². The van der Waals surface area contributed by atoms with Gasteiger partial charge in [0.25, 0.3) is 18.8 Å². The number of benzene rings is 2. The predicted octanol–water partition coefficient (Wildman–Crippen LogP) is 3.20. The predicted molar refractivity (Wildman–Crippen MR) is 92.9 cm³/mol. The van der Waals surface area contributed by atoms with E-state index in [4.69, 9.17) is 4.74 Å². The summed E-state index contributed by atoms with van der Waals surface area (Å²) in [5, 5.41) is 2.74. The van der Waals surface area contributed by atoms with Gasteiger partial charge in [-0.25, -0.2) is 13.2 Å². The van der Waals surface area contributed by atoms with Crippen LogP contribution < -0.4 is 15.0 Å². The van der Waals surface area contributed by atoms with Crippen LogP contribution in [-0.2, 0) is 4.79 Å². The Labute approximate surface area is 153 Å². The van der Waals surface area contributed by atoms with E-state index >= 15 is 0 Å². The number of carbonyl (C=O) groups excluding carboxylic acids is 2. The zero-order valence-electron chi connectivity index (χ0n) is 14.6. The number of alkyl halides is 2. The Kier molecular flexibility index (Phi) is 5.07. The standard InChI is InChI=1S/C19H17F3N2O3/c1-10-3-4-11(20)7-13(10)17-12-5-6-14(24(2)8-15(21)22)18(27-9-25)16(12)19(26)23-17/h3-7,9,15,17H,8H2,1-2H3,(H,23,26). The van der Waals surface area contributed by atoms with Gasteiger partial charge in [-0.2, -0.15) is 0 Å². The number of nitrogens with one attached hydrogen (secondary N) is 1. The Morgan fingerprint density at radius 3 is 2.67 bits per heavy atom. The maximum Gasteiger partial charge on any atom is 0.298 e. The molecule has 1 N–H and O–H groups in total. The van der Waals surface area contributed by atoms with Crippen LogP contribution in [0.1, 0.15) is 33.1 Å². The first-order valence-corrected chi connectivity index (χ1v) is 8.17. The van der Waals surface area contributed by atoms with E-state index in [1.807, 2.05) is 0 Å². The average molecular weight is 378 g/mol. The molecule has 2 aromatic carbocycles. The van der Waals surface area contributed by atoms with E-state index in [-0.39, 0.29) is 23.5 Å². The number of halogens is 3. The smallest absolute Gasteiger partial charge is 0.298 e. The van der Waals surface area contributed by atoms with Crippen LogP contribution in [0.2, 0.25) is 0 Å². The maximum atomic E-state index is 13.7. The van der Waals surface area contributed by atoms with Crippen molar-refractivity contribution in [3.63, 3.8) is 0 Å². The summed E-state index contributed by atoms with van der Waals surface area (Å²) >= 11 is 0. The number of carbonyl (C=O) groups is 2. The highest BCUT2D eigenvalue weighted by Gasteiger charge is 2.35. The monoisotopic (exact) mass is 378 g/mol. The second kappa shape index (κ2) is 7.30. The molecule has 0 saturated carbocycles. The highest BCUT2D eigenvalue weighted by atomic mass is 19.3. The Balaban J connectivity index is 2.13. The number of nitrogens with zero attached hydrogens (tertiary/aromatic N) is 1. The molecular formula is C19H17F3N2O3. The van der Waals surface area contributed by atoms with Crippen LogP contribution in [0, 0.1) is 12.7 Å². The fraction of sp³-hybridized carbons (Fsp3) is 0.263. The van der Waals surface area contributed by atoms with Crippen molar-refractivity contribution in [1.29, 1.82) is 0 Å². The summed E-state index contributed by atoms with van der Waals surface area (Å²) in [6.07, 6.45) is -2.61. The fourth-order valence-electron chi connectivity index (χ4n) is 3.28. The third-order valence-corrected chi connectivity index (χ3v) is 4.52. The van der Waals surface area contributed by atoms with E-state index in [0.717, 1.165) is 5.56 Å². The molecule has 1 heterocycles. The number of fused-ring (bicyclic) bond motifs is 1. The molecule has 0 aliphatic carbocycles. The summed E-state index contributed by atoms with van der Waals surface area (Å²) < 4.78 is 44.2. The molecule has 0 bridgehead atoms. The van der Waals surface area contributed by atoms with Crippen LogP contribution in [0.5, 0.6) is 5.75 Å². The molecule has 5 nitrogen and oxygen atoms in total. The molecule has 1 unspecified atom stereocenters. The molecule has 0 aromatic heterocycles. The maximum absolute atomic E-state index is 13.7. The van der Waals surface area contributed by atoms with Crippen LogP contribution >= 0.6 is 0 Å². The second-order valence-corrected chi connectivity index (χ2v) is 6.27. The molecule has 1 atom stereocenters. The average Bonchev–Trinajstić information content (AvgIpc) is 2.94. The summed E-state index contributed by atoms with van der Waals surface area (Å²) in [4.78, 5) is 24.7. The molecule has 8 heteroatoms. The largest absolute Gasteiger partial charge is 0.426 e. The summed E-state index contributed by atoms with van der Waals surface area (Å²) in [5.41, 5.74) is 2.08. The van der Waals surface area contributed by atoms with Crippen LogP contribution in [0.4, 0.5) is 18.9 Å². The lowest BCUT2D eigenvalue weighted by Gasteiger charge is -2.22. The van der Waals surface area contributed by atoms with Crippen molar-refractivity contribution in [3.05, 3.63) is 58.4 Å². The van der Waals surface area contributed by atoms with E-state index in [1.165, 1.54) is 30.1 Å². The van der Waals surface area contributed by atoms with Gasteiger partial charge in [-0.05, 0) is 41.8 Å². The third kappa shape index (κ3) is 3.47. The summed E-state index contributed by atoms with van der Waals surface area (Å²) in [5.74, 6) is -1.07. The van der Waals surface area contributed by atoms with Gasteiger partial charge in [-0.1, -0.05) is 12.1 Å². The van der Waals surface area contributed by atoms with E-state index in [1.54, 1.807) is 19.1 Å². The molecule has 27 heavy (non-hydrogen) atoms. The number of anilines is 1. The number of amides is 1. The van der Waals surface area contributed by atoms with Gasteiger partial charge < -0.3 is 15.0 Å². The van der Waals surface area contributed by atoms with Gasteiger partial charge >= 0.3 is 0 Å². The Morgan fingerprint density at radius 1 is 1.26 bits per heavy atom. The number of rotatable bonds is 6. The summed E-state index contributed by atoms with van der Waals surface area (Å²) in [6, 6.07) is 6.71. The first kappa shape index (κ1) is 18.8. The van der Waals surface area contributed by atoms with Crippen molar-refractivity contribution in [3.8, 4) is 5.75 Å². The van der Waals surface area contributed by atoms with Gasteiger partial charge in [0.1, 0.15) is 5.82 Å². The quantitative estimate of drug-likeness (QED) is 0.785. The molecule has 3 rings (SSSR count). The molecule has 142 valence electrons. The molecule has 2 aromatic rings. The van der Waals surface area contributed by atoms with Gasteiger partial charge in [0.2, 0.25) is 0 Å². The van der Waals surface area contributed by atoms with Gasteiger partial charge in [-0.15, -0.1) is 0 Å². The number of hydrogen-bond acceptors (Lipinski definition) is 4. The van der Waals surface area contributed by atoms with Crippen molar-refractivity contribution in [1.82, 2.24) is 5.32 Å². The van der Waals surface area contributed by atoms with Crippen LogP contribution in [-0.4, -0.2) is 32.4 Å². The second-order valence-electron chi connectivity index (χ2n) is 6.27. The Bertz CT molecular complexity index is 902. The van der Waals surface area contributed by atoms with Crippen molar-refractivity contribution in [2.45, 2.75) is 19.4 Å². The van der Waals surface area contributed by atoms with Crippen molar-refractivity contribution < 1.29 is 27.5 Å². The lowest BCUT2D eigenvalue weighted by molar-refractivity contribution is -0.120. The molecule has 0 radical (unpaired) electrons. The third-order valence-electron chi connectivity index (χ3n) is 4.52. The lowest BCUT2D eigenvalue weighted by atomic mass is 9.94. The van der Waals surface area contributed by atoms with E-state index < -0.39 is 30.7 Å². The van der Waals surface area contributed by atoms with Gasteiger partial charge in [0.05, 0.1) is 23.8 Å². The molecule has 1 aliphatic heterocycles.